The molecule has 25 heavy (non-hydrogen) atoms. The van der Waals surface area contributed by atoms with E-state index in [1.807, 2.05) is 0 Å². The molecule has 6 nitrogen and oxygen atoms in total. The molecule has 1 amide bonds. The number of hydrogen-bond acceptors (Lipinski definition) is 5. The fraction of sp³-hybridized carbons (Fsp3) is 0.737. The molecule has 0 aromatic carbocycles. The third kappa shape index (κ3) is 3.12. The van der Waals surface area contributed by atoms with Gasteiger partial charge < -0.3 is 10.2 Å². The number of carbonyl (C=O) groups excluding carboxylic acids is 1. The van der Waals surface area contributed by atoms with Crippen molar-refractivity contribution in [2.75, 3.05) is 38.1 Å². The van der Waals surface area contributed by atoms with Gasteiger partial charge in [-0.25, -0.2) is 9.97 Å². The van der Waals surface area contributed by atoms with Gasteiger partial charge in [-0.15, -0.1) is 0 Å². The Balaban J connectivity index is 1.61. The van der Waals surface area contributed by atoms with Crippen molar-refractivity contribution < 1.29 is 4.79 Å². The van der Waals surface area contributed by atoms with Crippen LogP contribution in [0.25, 0.3) is 0 Å². The first kappa shape index (κ1) is 16.8. The van der Waals surface area contributed by atoms with Crippen molar-refractivity contribution in [1.29, 1.82) is 0 Å². The van der Waals surface area contributed by atoms with Crippen LogP contribution in [0.4, 0.5) is 5.95 Å². The van der Waals surface area contributed by atoms with Crippen molar-refractivity contribution in [3.8, 4) is 0 Å². The summed E-state index contributed by atoms with van der Waals surface area (Å²) < 4.78 is 0. The van der Waals surface area contributed by atoms with E-state index in [2.05, 4.69) is 29.1 Å². The summed E-state index contributed by atoms with van der Waals surface area (Å²) in [4.78, 5) is 26.4. The highest BCUT2D eigenvalue weighted by molar-refractivity contribution is 5.76. The summed E-state index contributed by atoms with van der Waals surface area (Å²) in [6.07, 6.45) is 7.23. The molecule has 2 aliphatic heterocycles. The highest BCUT2D eigenvalue weighted by Gasteiger charge is 2.41. The molecule has 0 radical (unpaired) electrons. The minimum atomic E-state index is 0.0462. The van der Waals surface area contributed by atoms with Crippen LogP contribution in [0.5, 0.6) is 0 Å². The lowest BCUT2D eigenvalue weighted by atomic mass is 9.86. The summed E-state index contributed by atoms with van der Waals surface area (Å²) in [5.74, 6) is 1.08. The largest absolute Gasteiger partial charge is 0.356 e. The number of hydrogen-bond donors (Lipinski definition) is 1. The van der Waals surface area contributed by atoms with Crippen LogP contribution in [-0.4, -0.2) is 59.5 Å². The van der Waals surface area contributed by atoms with Crippen LogP contribution in [-0.2, 0) is 17.6 Å². The maximum Gasteiger partial charge on any atom is 0.225 e. The zero-order chi connectivity index (χ0) is 17.4. The van der Waals surface area contributed by atoms with Gasteiger partial charge in [0.1, 0.15) is 0 Å². The molecule has 3 heterocycles. The van der Waals surface area contributed by atoms with Crippen LogP contribution in [0.2, 0.25) is 0 Å². The van der Waals surface area contributed by atoms with Crippen LogP contribution in [0, 0.1) is 6.92 Å². The van der Waals surface area contributed by atoms with Gasteiger partial charge in [-0.2, -0.15) is 0 Å². The van der Waals surface area contributed by atoms with Crippen LogP contribution >= 0.6 is 0 Å². The van der Waals surface area contributed by atoms with Crippen LogP contribution in [0.1, 0.15) is 49.1 Å². The van der Waals surface area contributed by atoms with Crippen molar-refractivity contribution in [1.82, 2.24) is 20.2 Å². The number of anilines is 1. The molecule has 0 bridgehead atoms. The Morgan fingerprint density at radius 3 is 2.80 bits per heavy atom. The molecule has 1 aliphatic carbocycles. The lowest BCUT2D eigenvalue weighted by Gasteiger charge is -2.49. The number of carbonyl (C=O) groups is 1. The Bertz CT molecular complexity index is 676. The Kier molecular flexibility index (Phi) is 4.40. The standard InChI is InChI=1S/C19H29N5O/c1-14-15-5-3-4-6-16(15)22-18(21-14)24-12-11-23(2)19(13-24)8-7-17(25)20-10-9-19/h3-13H2,1-2H3,(H,20,25). The highest BCUT2D eigenvalue weighted by atomic mass is 16.1. The molecular weight excluding hydrogens is 314 g/mol. The van der Waals surface area contributed by atoms with Gasteiger partial charge >= 0.3 is 0 Å². The number of nitrogens with zero attached hydrogens (tertiary/aromatic N) is 4. The third-order valence-corrected chi connectivity index (χ3v) is 6.39. The highest BCUT2D eigenvalue weighted by Crippen LogP contribution is 2.32. The van der Waals surface area contributed by atoms with Crippen molar-refractivity contribution in [3.63, 3.8) is 0 Å². The second kappa shape index (κ2) is 6.56. The van der Waals surface area contributed by atoms with Crippen molar-refractivity contribution in [2.24, 2.45) is 0 Å². The predicted molar refractivity (Wildman–Crippen MR) is 97.8 cm³/mol. The molecule has 1 spiro atoms. The first-order chi connectivity index (χ1) is 12.1. The molecule has 6 heteroatoms. The summed E-state index contributed by atoms with van der Waals surface area (Å²) in [7, 11) is 2.20. The van der Waals surface area contributed by atoms with Gasteiger partial charge in [-0.1, -0.05) is 0 Å². The van der Waals surface area contributed by atoms with E-state index in [9.17, 15) is 4.79 Å². The Morgan fingerprint density at radius 2 is 1.92 bits per heavy atom. The zero-order valence-corrected chi connectivity index (χ0v) is 15.5. The summed E-state index contributed by atoms with van der Waals surface area (Å²) in [6.45, 7) is 5.76. The minimum Gasteiger partial charge on any atom is -0.356 e. The predicted octanol–water partition coefficient (Wildman–Crippen LogP) is 1.45. The average Bonchev–Trinajstić information content (AvgIpc) is 2.80. The molecule has 2 fully saturated rings. The lowest BCUT2D eigenvalue weighted by Crippen LogP contribution is -2.61. The third-order valence-electron chi connectivity index (χ3n) is 6.39. The summed E-state index contributed by atoms with van der Waals surface area (Å²) in [6, 6.07) is 0. The number of aryl methyl sites for hydroxylation is 2. The number of rotatable bonds is 1. The van der Waals surface area contributed by atoms with Crippen LogP contribution < -0.4 is 10.2 Å². The summed E-state index contributed by atoms with van der Waals surface area (Å²) in [5.41, 5.74) is 3.85. The fourth-order valence-electron chi connectivity index (χ4n) is 4.67. The van der Waals surface area contributed by atoms with Gasteiger partial charge in [0.15, 0.2) is 0 Å². The van der Waals surface area contributed by atoms with Gasteiger partial charge in [-0.3, -0.25) is 9.69 Å². The lowest BCUT2D eigenvalue weighted by molar-refractivity contribution is -0.120. The van der Waals surface area contributed by atoms with E-state index in [1.54, 1.807) is 0 Å². The molecule has 0 saturated carbocycles. The smallest absolute Gasteiger partial charge is 0.225 e. The summed E-state index contributed by atoms with van der Waals surface area (Å²) in [5, 5.41) is 3.03. The van der Waals surface area contributed by atoms with E-state index in [-0.39, 0.29) is 11.4 Å². The molecule has 1 aromatic rings. The van der Waals surface area contributed by atoms with Gasteiger partial charge in [0.05, 0.1) is 0 Å². The van der Waals surface area contributed by atoms with Crippen molar-refractivity contribution >= 4 is 11.9 Å². The van der Waals surface area contributed by atoms with E-state index in [0.717, 1.165) is 63.5 Å². The second-order valence-electron chi connectivity index (χ2n) is 7.91. The average molecular weight is 343 g/mol. The van der Waals surface area contributed by atoms with E-state index < -0.39 is 0 Å². The molecular formula is C19H29N5O. The number of likely N-dealkylation sites (N-methyl/N-ethyl adjacent to an activating group) is 1. The Hall–Kier alpha value is -1.69. The normalized spacial score (nSPS) is 27.8. The first-order valence-corrected chi connectivity index (χ1v) is 9.67. The van der Waals surface area contributed by atoms with Crippen molar-refractivity contribution in [3.05, 3.63) is 17.0 Å². The SMILES string of the molecule is Cc1nc(N2CCN(C)C3(CCNC(=O)CC3)C2)nc2c1CCCC2. The molecule has 1 aromatic heterocycles. The second-order valence-corrected chi connectivity index (χ2v) is 7.91. The Labute approximate surface area is 150 Å². The molecule has 1 unspecified atom stereocenters. The quantitative estimate of drug-likeness (QED) is 0.836. The molecule has 1 N–H and O–H groups in total. The monoisotopic (exact) mass is 343 g/mol. The number of nitrogens with one attached hydrogen (secondary N) is 1. The molecule has 3 aliphatic rings. The number of piperazine rings is 1. The first-order valence-electron chi connectivity index (χ1n) is 9.67. The van der Waals surface area contributed by atoms with E-state index in [1.165, 1.54) is 24.1 Å². The van der Waals surface area contributed by atoms with E-state index in [0.29, 0.717) is 6.42 Å². The topological polar surface area (TPSA) is 61.4 Å². The van der Waals surface area contributed by atoms with Gasteiger partial charge in [0, 0.05) is 49.5 Å². The van der Waals surface area contributed by atoms with Gasteiger partial charge in [0.2, 0.25) is 11.9 Å². The summed E-state index contributed by atoms with van der Waals surface area (Å²) >= 11 is 0. The molecule has 1 atom stereocenters. The number of fused-ring (bicyclic) bond motifs is 1. The van der Waals surface area contributed by atoms with Crippen LogP contribution in [0.3, 0.4) is 0 Å². The number of amides is 1. The maximum absolute atomic E-state index is 11.8. The molecule has 4 rings (SSSR count). The van der Waals surface area contributed by atoms with Crippen molar-refractivity contribution in [2.45, 2.75) is 57.4 Å². The molecule has 136 valence electrons. The minimum absolute atomic E-state index is 0.0462. The van der Waals surface area contributed by atoms with E-state index >= 15 is 0 Å². The Morgan fingerprint density at radius 1 is 1.08 bits per heavy atom. The zero-order valence-electron chi connectivity index (χ0n) is 15.5. The maximum atomic E-state index is 11.8. The van der Waals surface area contributed by atoms with E-state index in [4.69, 9.17) is 9.97 Å². The van der Waals surface area contributed by atoms with Gasteiger partial charge in [0.25, 0.3) is 0 Å². The fourth-order valence-corrected chi connectivity index (χ4v) is 4.67. The number of aromatic nitrogens is 2. The van der Waals surface area contributed by atoms with Crippen LogP contribution in [0.15, 0.2) is 0 Å². The van der Waals surface area contributed by atoms with Gasteiger partial charge in [-0.05, 0) is 58.1 Å². The molecule has 2 saturated heterocycles.